The maximum atomic E-state index is 13.1. The van der Waals surface area contributed by atoms with Gasteiger partial charge in [0.15, 0.2) is 23.3 Å². The molecule has 0 unspecified atom stereocenters. The molecule has 5 nitrogen and oxygen atoms in total. The molecule has 0 saturated heterocycles. The number of aromatic nitrogens is 1. The number of hydrogen-bond donors (Lipinski definition) is 2. The number of nitrogens with two attached hydrogens (primary N) is 1. The Hall–Kier alpha value is -1.92. The first-order valence-corrected chi connectivity index (χ1v) is 4.46. The number of methoxy groups -OCH3 is 1. The number of hydrogen-bond acceptors (Lipinski definition) is 5. The largest absolute Gasteiger partial charge is 0.469 e. The molecule has 88 valence electrons. The van der Waals surface area contributed by atoms with Crippen molar-refractivity contribution >= 4 is 17.6 Å². The Morgan fingerprint density at radius 1 is 1.56 bits per heavy atom. The Morgan fingerprint density at radius 3 is 2.88 bits per heavy atom. The van der Waals surface area contributed by atoms with Crippen molar-refractivity contribution in [3.8, 4) is 0 Å². The van der Waals surface area contributed by atoms with Crippen LogP contribution in [0.25, 0.3) is 0 Å². The van der Waals surface area contributed by atoms with Gasteiger partial charge in [0.2, 0.25) is 0 Å². The molecule has 0 aliphatic carbocycles. The van der Waals surface area contributed by atoms with Crippen LogP contribution < -0.4 is 11.1 Å². The zero-order chi connectivity index (χ0) is 12.1. The average Bonchev–Trinajstić information content (AvgIpc) is 2.25. The van der Waals surface area contributed by atoms with Gasteiger partial charge in [-0.1, -0.05) is 0 Å². The number of nitrogens with zero attached hydrogens (tertiary/aromatic N) is 1. The summed E-state index contributed by atoms with van der Waals surface area (Å²) >= 11 is 0. The molecule has 1 heterocycles. The molecule has 0 aliphatic heterocycles. The fourth-order valence-electron chi connectivity index (χ4n) is 0.990. The molecule has 0 saturated carbocycles. The normalized spacial score (nSPS) is 9.94. The molecule has 0 spiro atoms. The van der Waals surface area contributed by atoms with Crippen molar-refractivity contribution in [1.29, 1.82) is 0 Å². The van der Waals surface area contributed by atoms with Crippen LogP contribution in [0.5, 0.6) is 0 Å². The Kier molecular flexibility index (Phi) is 3.98. The third kappa shape index (κ3) is 3.04. The first kappa shape index (κ1) is 12.2. The fraction of sp³-hybridized carbons (Fsp3) is 0.333. The molecule has 16 heavy (non-hydrogen) atoms. The van der Waals surface area contributed by atoms with Crippen LogP contribution >= 0.6 is 0 Å². The van der Waals surface area contributed by atoms with E-state index in [1.165, 1.54) is 7.11 Å². The summed E-state index contributed by atoms with van der Waals surface area (Å²) in [6.45, 7) is 0.127. The predicted molar refractivity (Wildman–Crippen MR) is 53.7 cm³/mol. The Balaban J connectivity index is 2.60. The molecule has 1 aromatic rings. The van der Waals surface area contributed by atoms with Gasteiger partial charge in [0.1, 0.15) is 0 Å². The summed E-state index contributed by atoms with van der Waals surface area (Å²) < 4.78 is 30.2. The van der Waals surface area contributed by atoms with Gasteiger partial charge in [0.25, 0.3) is 0 Å². The number of pyridine rings is 1. The lowest BCUT2D eigenvalue weighted by atomic mass is 10.3. The average molecular weight is 231 g/mol. The number of halogens is 2. The van der Waals surface area contributed by atoms with Gasteiger partial charge >= 0.3 is 5.97 Å². The van der Waals surface area contributed by atoms with Crippen molar-refractivity contribution in [3.63, 3.8) is 0 Å². The van der Waals surface area contributed by atoms with Crippen LogP contribution in [0.2, 0.25) is 0 Å². The molecular weight excluding hydrogens is 220 g/mol. The molecular formula is C9H11F2N3O2. The molecule has 0 fully saturated rings. The highest BCUT2D eigenvalue weighted by atomic mass is 19.1. The van der Waals surface area contributed by atoms with E-state index in [1.54, 1.807) is 0 Å². The molecule has 0 radical (unpaired) electrons. The summed E-state index contributed by atoms with van der Waals surface area (Å²) in [5, 5.41) is 2.51. The van der Waals surface area contributed by atoms with E-state index >= 15 is 0 Å². The summed E-state index contributed by atoms with van der Waals surface area (Å²) in [6.07, 6.45) is 0.0505. The topological polar surface area (TPSA) is 77.2 Å². The smallest absolute Gasteiger partial charge is 0.307 e. The summed E-state index contributed by atoms with van der Waals surface area (Å²) in [7, 11) is 1.25. The lowest BCUT2D eigenvalue weighted by Crippen LogP contribution is -2.12. The number of anilines is 2. The van der Waals surface area contributed by atoms with E-state index in [-0.39, 0.29) is 18.8 Å². The van der Waals surface area contributed by atoms with E-state index in [1.807, 2.05) is 0 Å². The van der Waals surface area contributed by atoms with Gasteiger partial charge in [0.05, 0.1) is 13.5 Å². The van der Waals surface area contributed by atoms with Crippen molar-refractivity contribution in [2.24, 2.45) is 0 Å². The van der Waals surface area contributed by atoms with Gasteiger partial charge in [-0.3, -0.25) is 4.79 Å². The second-order valence-corrected chi connectivity index (χ2v) is 2.94. The fourth-order valence-corrected chi connectivity index (χ4v) is 0.990. The number of rotatable bonds is 4. The van der Waals surface area contributed by atoms with Crippen LogP contribution in [-0.4, -0.2) is 24.6 Å². The van der Waals surface area contributed by atoms with Crippen LogP contribution in [0.15, 0.2) is 6.07 Å². The predicted octanol–water partition coefficient (Wildman–Crippen LogP) is 0.917. The van der Waals surface area contributed by atoms with E-state index in [9.17, 15) is 13.6 Å². The number of ether oxygens (including phenoxy) is 1. The summed E-state index contributed by atoms with van der Waals surface area (Å²) in [5.74, 6) is -2.82. The maximum Gasteiger partial charge on any atom is 0.307 e. The van der Waals surface area contributed by atoms with Gasteiger partial charge in [0, 0.05) is 12.6 Å². The zero-order valence-corrected chi connectivity index (χ0v) is 8.59. The summed E-state index contributed by atoms with van der Waals surface area (Å²) in [6, 6.07) is 0.628. The molecule has 7 heteroatoms. The van der Waals surface area contributed by atoms with Crippen LogP contribution in [0.3, 0.4) is 0 Å². The standard InChI is InChI=1S/C9H11F2N3O2/c1-16-7(15)2-3-13-9-6(11)4-5(10)8(12)14-9/h4H,2-3H2,1H3,(H3,12,13,14). The first-order chi connectivity index (χ1) is 7.54. The lowest BCUT2D eigenvalue weighted by molar-refractivity contribution is -0.140. The van der Waals surface area contributed by atoms with Gasteiger partial charge in [-0.15, -0.1) is 0 Å². The molecule has 0 amide bonds. The lowest BCUT2D eigenvalue weighted by Gasteiger charge is -2.06. The molecule has 0 aromatic carbocycles. The number of carbonyl (C=O) groups excluding carboxylic acids is 1. The monoisotopic (exact) mass is 231 g/mol. The third-order valence-corrected chi connectivity index (χ3v) is 1.81. The van der Waals surface area contributed by atoms with Crippen molar-refractivity contribution < 1.29 is 18.3 Å². The highest BCUT2D eigenvalue weighted by Crippen LogP contribution is 2.16. The molecule has 1 aromatic heterocycles. The SMILES string of the molecule is COC(=O)CCNc1nc(N)c(F)cc1F. The molecule has 0 bridgehead atoms. The van der Waals surface area contributed by atoms with Gasteiger partial charge in [-0.25, -0.2) is 13.8 Å². The minimum absolute atomic E-state index is 0.0505. The van der Waals surface area contributed by atoms with E-state index in [2.05, 4.69) is 15.0 Å². The molecule has 0 atom stereocenters. The number of nitrogens with one attached hydrogen (secondary N) is 1. The quantitative estimate of drug-likeness (QED) is 0.753. The highest BCUT2D eigenvalue weighted by Gasteiger charge is 2.09. The molecule has 0 aliphatic rings. The van der Waals surface area contributed by atoms with Gasteiger partial charge < -0.3 is 15.8 Å². The second-order valence-electron chi connectivity index (χ2n) is 2.94. The Bertz CT molecular complexity index is 399. The molecule has 3 N–H and O–H groups in total. The van der Waals surface area contributed by atoms with Gasteiger partial charge in [-0.05, 0) is 0 Å². The van der Waals surface area contributed by atoms with Crippen LogP contribution in [0.1, 0.15) is 6.42 Å². The van der Waals surface area contributed by atoms with E-state index in [0.29, 0.717) is 6.07 Å². The second kappa shape index (κ2) is 5.24. The van der Waals surface area contributed by atoms with Crippen LogP contribution in [0.4, 0.5) is 20.4 Å². The van der Waals surface area contributed by atoms with Crippen molar-refractivity contribution in [1.82, 2.24) is 4.98 Å². The zero-order valence-electron chi connectivity index (χ0n) is 8.59. The minimum Gasteiger partial charge on any atom is -0.469 e. The number of esters is 1. The van der Waals surface area contributed by atoms with Crippen molar-refractivity contribution in [2.45, 2.75) is 6.42 Å². The van der Waals surface area contributed by atoms with E-state index in [4.69, 9.17) is 5.73 Å². The first-order valence-electron chi connectivity index (χ1n) is 4.46. The summed E-state index contributed by atoms with van der Waals surface area (Å²) in [5.41, 5.74) is 5.16. The van der Waals surface area contributed by atoms with Crippen LogP contribution in [-0.2, 0) is 9.53 Å². The van der Waals surface area contributed by atoms with Crippen LogP contribution in [0, 0.1) is 11.6 Å². The Morgan fingerprint density at radius 2 is 2.25 bits per heavy atom. The minimum atomic E-state index is -0.920. The summed E-state index contributed by atoms with van der Waals surface area (Å²) in [4.78, 5) is 14.2. The maximum absolute atomic E-state index is 13.1. The third-order valence-electron chi connectivity index (χ3n) is 1.81. The van der Waals surface area contributed by atoms with Gasteiger partial charge in [-0.2, -0.15) is 0 Å². The van der Waals surface area contributed by atoms with Crippen molar-refractivity contribution in [3.05, 3.63) is 17.7 Å². The molecule has 1 rings (SSSR count). The van der Waals surface area contributed by atoms with E-state index < -0.39 is 23.4 Å². The van der Waals surface area contributed by atoms with E-state index in [0.717, 1.165) is 0 Å². The number of nitrogen functional groups attached to an aromatic ring is 1. The van der Waals surface area contributed by atoms with Crippen molar-refractivity contribution in [2.75, 3.05) is 24.7 Å². The highest BCUT2D eigenvalue weighted by molar-refractivity contribution is 5.69. The number of carbonyl (C=O) groups is 1. The Labute approximate surface area is 90.6 Å².